The maximum absolute atomic E-state index is 12.6. The third-order valence-corrected chi connectivity index (χ3v) is 6.32. The fourth-order valence-corrected chi connectivity index (χ4v) is 4.52. The highest BCUT2D eigenvalue weighted by molar-refractivity contribution is 7.89. The predicted molar refractivity (Wildman–Crippen MR) is 127 cm³/mol. The van der Waals surface area contributed by atoms with E-state index in [0.29, 0.717) is 55.6 Å². The summed E-state index contributed by atoms with van der Waals surface area (Å²) in [4.78, 5) is 12.4. The summed E-state index contributed by atoms with van der Waals surface area (Å²) in [6.07, 6.45) is -1.37. The molecule has 12 heteroatoms. The maximum Gasteiger partial charge on any atom is 0.573 e. The number of nitrogens with two attached hydrogens (primary N) is 1. The van der Waals surface area contributed by atoms with Crippen molar-refractivity contribution in [2.75, 3.05) is 19.7 Å². The number of halogens is 4. The molecule has 0 radical (unpaired) electrons. The number of hydrogen-bond donors (Lipinski definition) is 2. The van der Waals surface area contributed by atoms with Crippen LogP contribution in [0.25, 0.3) is 0 Å². The summed E-state index contributed by atoms with van der Waals surface area (Å²) in [6.45, 7) is 1.50. The van der Waals surface area contributed by atoms with Crippen LogP contribution in [0.2, 0.25) is 0 Å². The van der Waals surface area contributed by atoms with Gasteiger partial charge in [0.1, 0.15) is 16.4 Å². The first-order valence-electron chi connectivity index (χ1n) is 10.9. The van der Waals surface area contributed by atoms with E-state index in [1.807, 2.05) is 0 Å². The number of para-hydroxylation sites is 1. The monoisotopic (exact) mass is 536 g/mol. The largest absolute Gasteiger partial charge is 0.573 e. The first kappa shape index (κ1) is 28.9. The van der Waals surface area contributed by atoms with E-state index in [1.54, 1.807) is 18.2 Å². The fourth-order valence-electron chi connectivity index (χ4n) is 3.78. The second kappa shape index (κ2) is 12.6. The molecule has 0 saturated heterocycles. The number of hydrogen-bond acceptors (Lipinski definition) is 6. The van der Waals surface area contributed by atoms with Crippen molar-refractivity contribution < 1.29 is 35.9 Å². The van der Waals surface area contributed by atoms with Crippen molar-refractivity contribution >= 4 is 28.2 Å². The third-order valence-electron chi connectivity index (χ3n) is 5.40. The number of carbonyl (C=O) groups excluding carboxylic acids is 1. The van der Waals surface area contributed by atoms with Crippen molar-refractivity contribution in [3.63, 3.8) is 0 Å². The van der Waals surface area contributed by atoms with Gasteiger partial charge in [0.15, 0.2) is 5.78 Å². The molecule has 0 saturated carbocycles. The highest BCUT2D eigenvalue weighted by atomic mass is 35.5. The van der Waals surface area contributed by atoms with Crippen LogP contribution in [-0.4, -0.2) is 40.3 Å². The Hall–Kier alpha value is -2.34. The fraction of sp³-hybridized carbons (Fsp3) is 0.435. The van der Waals surface area contributed by atoms with E-state index in [1.165, 1.54) is 18.2 Å². The second-order valence-electron chi connectivity index (χ2n) is 8.00. The van der Waals surface area contributed by atoms with Gasteiger partial charge < -0.3 is 14.8 Å². The number of sulfonamides is 1. The maximum atomic E-state index is 12.6. The molecule has 35 heavy (non-hydrogen) atoms. The van der Waals surface area contributed by atoms with Crippen LogP contribution in [0, 0.1) is 0 Å². The van der Waals surface area contributed by atoms with Gasteiger partial charge in [-0.15, -0.1) is 25.6 Å². The molecule has 2 aromatic carbocycles. The molecule has 1 aliphatic heterocycles. The lowest BCUT2D eigenvalue weighted by Crippen LogP contribution is -2.21. The van der Waals surface area contributed by atoms with E-state index in [0.717, 1.165) is 12.8 Å². The number of ketones is 1. The first-order valence-corrected chi connectivity index (χ1v) is 12.5. The zero-order valence-electron chi connectivity index (χ0n) is 18.9. The Morgan fingerprint density at radius 3 is 2.57 bits per heavy atom. The molecular weight excluding hydrogens is 509 g/mol. The Balaban J connectivity index is 0.00000432. The molecule has 1 heterocycles. The van der Waals surface area contributed by atoms with E-state index in [9.17, 15) is 26.4 Å². The zero-order valence-corrected chi connectivity index (χ0v) is 20.5. The number of alkyl halides is 3. The highest BCUT2D eigenvalue weighted by Crippen LogP contribution is 2.34. The number of benzene rings is 2. The summed E-state index contributed by atoms with van der Waals surface area (Å²) in [5.41, 5.74) is 1.45. The molecule has 0 amide bonds. The smallest absolute Gasteiger partial charge is 0.492 e. The number of carbonyl (C=O) groups is 1. The summed E-state index contributed by atoms with van der Waals surface area (Å²) in [6, 6.07) is 8.99. The Morgan fingerprint density at radius 2 is 1.86 bits per heavy atom. The summed E-state index contributed by atoms with van der Waals surface area (Å²) in [5, 5.41) is 8.45. The number of rotatable bonds is 12. The Morgan fingerprint density at radius 1 is 1.11 bits per heavy atom. The van der Waals surface area contributed by atoms with Gasteiger partial charge in [0, 0.05) is 18.4 Å². The average Bonchev–Trinajstić information content (AvgIpc) is 3.22. The van der Waals surface area contributed by atoms with E-state index < -0.39 is 16.4 Å². The molecule has 0 bridgehead atoms. The van der Waals surface area contributed by atoms with Gasteiger partial charge in [-0.2, -0.15) is 0 Å². The molecule has 0 aromatic heterocycles. The summed E-state index contributed by atoms with van der Waals surface area (Å²) < 4.78 is 70.5. The van der Waals surface area contributed by atoms with Gasteiger partial charge in [-0.25, -0.2) is 13.6 Å². The molecule has 0 aliphatic carbocycles. The number of primary sulfonamides is 1. The summed E-state index contributed by atoms with van der Waals surface area (Å²) >= 11 is 0. The van der Waals surface area contributed by atoms with Crippen molar-refractivity contribution in [2.24, 2.45) is 5.14 Å². The molecular formula is C23H28ClF3N2O5S. The van der Waals surface area contributed by atoms with Gasteiger partial charge in [0.2, 0.25) is 10.0 Å². The Bertz CT molecular complexity index is 1130. The van der Waals surface area contributed by atoms with Gasteiger partial charge in [-0.1, -0.05) is 24.6 Å². The van der Waals surface area contributed by atoms with Crippen LogP contribution >= 0.6 is 12.4 Å². The molecule has 0 fully saturated rings. The van der Waals surface area contributed by atoms with Crippen LogP contribution in [-0.2, 0) is 22.9 Å². The van der Waals surface area contributed by atoms with E-state index in [4.69, 9.17) is 9.88 Å². The minimum Gasteiger partial charge on any atom is -0.492 e. The number of ether oxygens (including phenoxy) is 2. The molecule has 7 nitrogen and oxygen atoms in total. The predicted octanol–water partition coefficient (Wildman–Crippen LogP) is 4.16. The minimum atomic E-state index is -4.73. The SMILES string of the molecule is Cl.NS(=O)(=O)c1cc(C(=O)CCCCCNCCc2ccccc2OC(F)(F)F)cc2c1OCC2. The molecule has 0 unspecified atom stereocenters. The number of fused-ring (bicyclic) bond motifs is 1. The zero-order chi connectivity index (χ0) is 24.8. The lowest BCUT2D eigenvalue weighted by molar-refractivity contribution is -0.274. The van der Waals surface area contributed by atoms with Gasteiger partial charge in [-0.05, 0) is 61.7 Å². The topological polar surface area (TPSA) is 108 Å². The quantitative estimate of drug-likeness (QED) is 0.311. The van der Waals surface area contributed by atoms with Gasteiger partial charge >= 0.3 is 6.36 Å². The van der Waals surface area contributed by atoms with Crippen molar-refractivity contribution in [3.05, 3.63) is 53.1 Å². The number of nitrogens with one attached hydrogen (secondary N) is 1. The van der Waals surface area contributed by atoms with E-state index >= 15 is 0 Å². The molecule has 0 atom stereocenters. The van der Waals surface area contributed by atoms with Crippen LogP contribution < -0.4 is 19.9 Å². The van der Waals surface area contributed by atoms with Crippen LogP contribution in [0.1, 0.15) is 47.2 Å². The van der Waals surface area contributed by atoms with Gasteiger partial charge in [0.05, 0.1) is 6.61 Å². The lowest BCUT2D eigenvalue weighted by Gasteiger charge is -2.13. The normalized spacial score (nSPS) is 13.0. The average molecular weight is 537 g/mol. The van der Waals surface area contributed by atoms with Gasteiger partial charge in [-0.3, -0.25) is 4.79 Å². The minimum absolute atomic E-state index is 0. The van der Waals surface area contributed by atoms with Crippen molar-refractivity contribution in [3.8, 4) is 11.5 Å². The Kier molecular flexibility index (Phi) is 10.4. The van der Waals surface area contributed by atoms with Crippen molar-refractivity contribution in [1.29, 1.82) is 0 Å². The molecule has 1 aliphatic rings. The molecule has 3 N–H and O–H groups in total. The van der Waals surface area contributed by atoms with E-state index in [2.05, 4.69) is 10.1 Å². The van der Waals surface area contributed by atoms with Crippen LogP contribution in [0.3, 0.4) is 0 Å². The van der Waals surface area contributed by atoms with Crippen molar-refractivity contribution in [1.82, 2.24) is 5.32 Å². The van der Waals surface area contributed by atoms with Crippen molar-refractivity contribution in [2.45, 2.75) is 49.8 Å². The summed E-state index contributed by atoms with van der Waals surface area (Å²) in [7, 11) is -4.00. The van der Waals surface area contributed by atoms with Crippen LogP contribution in [0.5, 0.6) is 11.5 Å². The second-order valence-corrected chi connectivity index (χ2v) is 9.53. The molecule has 0 spiro atoms. The Labute approximate surface area is 208 Å². The lowest BCUT2D eigenvalue weighted by atomic mass is 10.0. The summed E-state index contributed by atoms with van der Waals surface area (Å²) in [5.74, 6) is -0.120. The van der Waals surface area contributed by atoms with Crippen LogP contribution in [0.15, 0.2) is 41.3 Å². The van der Waals surface area contributed by atoms with Crippen LogP contribution in [0.4, 0.5) is 13.2 Å². The van der Waals surface area contributed by atoms with E-state index in [-0.39, 0.29) is 41.0 Å². The number of unbranched alkanes of at least 4 members (excludes halogenated alkanes) is 2. The molecule has 194 valence electrons. The molecule has 3 rings (SSSR count). The molecule has 2 aromatic rings. The number of Topliss-reactive ketones (excluding diaryl/α,β-unsaturated/α-hetero) is 1. The van der Waals surface area contributed by atoms with Gasteiger partial charge in [0.25, 0.3) is 0 Å². The third kappa shape index (κ3) is 8.68. The standard InChI is InChI=1S/C23H27F3N2O5S.ClH/c24-23(25,26)33-20-8-4-3-6-16(20)9-12-28-11-5-1-2-7-19(29)18-14-17-10-13-32-22(17)21(15-18)34(27,30)31;/h3-4,6,8,14-15,28H,1-2,5,7,9-13H2,(H2,27,30,31);1H. The first-order chi connectivity index (χ1) is 16.0. The highest BCUT2D eigenvalue weighted by Gasteiger charge is 2.32.